The summed E-state index contributed by atoms with van der Waals surface area (Å²) in [5, 5.41) is 7.47. The van der Waals surface area contributed by atoms with Crippen molar-refractivity contribution in [3.8, 4) is 0 Å². The minimum atomic E-state index is -0.421. The monoisotopic (exact) mass is 282 g/mol. The molecule has 0 atom stereocenters. The summed E-state index contributed by atoms with van der Waals surface area (Å²) in [6.45, 7) is 0.353. The van der Waals surface area contributed by atoms with Gasteiger partial charge in [-0.05, 0) is 5.52 Å². The van der Waals surface area contributed by atoms with E-state index in [1.807, 2.05) is 12.1 Å². The van der Waals surface area contributed by atoms with Gasteiger partial charge in [-0.3, -0.25) is 19.7 Å². The molecule has 0 bridgehead atoms. The molecule has 7 heteroatoms. The van der Waals surface area contributed by atoms with Crippen LogP contribution in [0.4, 0.5) is 10.6 Å². The molecular formula is C12H11KN4O2. The van der Waals surface area contributed by atoms with E-state index in [4.69, 9.17) is 0 Å². The Morgan fingerprint density at radius 3 is 2.95 bits per heavy atom. The van der Waals surface area contributed by atoms with Crippen LogP contribution in [0.25, 0.3) is 10.9 Å². The molecule has 1 saturated heterocycles. The summed E-state index contributed by atoms with van der Waals surface area (Å²) in [5.41, 5.74) is 0.831. The van der Waals surface area contributed by atoms with E-state index in [-0.39, 0.29) is 57.3 Å². The van der Waals surface area contributed by atoms with Crippen molar-refractivity contribution < 1.29 is 61.0 Å². The largest absolute Gasteiger partial charge is 1.00 e. The summed E-state index contributed by atoms with van der Waals surface area (Å²) in [6.07, 6.45) is 0.292. The number of aryl methyl sites for hydroxylation is 1. The number of anilines is 1. The Hall–Kier alpha value is -0.734. The molecule has 1 fully saturated rings. The predicted octanol–water partition coefficient (Wildman–Crippen LogP) is -2.18. The van der Waals surface area contributed by atoms with E-state index in [2.05, 4.69) is 16.5 Å². The van der Waals surface area contributed by atoms with Crippen molar-refractivity contribution in [1.82, 2.24) is 15.1 Å². The number of benzene rings is 1. The van der Waals surface area contributed by atoms with Crippen LogP contribution in [0.1, 0.15) is 6.42 Å². The molecule has 6 nitrogen and oxygen atoms in total. The smallest absolute Gasteiger partial charge is 0.292 e. The summed E-state index contributed by atoms with van der Waals surface area (Å²) >= 11 is 0. The zero-order valence-corrected chi connectivity index (χ0v) is 13.9. The quantitative estimate of drug-likeness (QED) is 0.478. The topological polar surface area (TPSA) is 67.2 Å². The minimum Gasteiger partial charge on any atom is -0.292 e. The van der Waals surface area contributed by atoms with Crippen molar-refractivity contribution in [3.05, 3.63) is 24.3 Å². The van der Waals surface area contributed by atoms with Gasteiger partial charge in [-0.1, -0.05) is 5.39 Å². The number of amides is 3. The van der Waals surface area contributed by atoms with E-state index in [1.54, 1.807) is 17.8 Å². The maximum absolute atomic E-state index is 11.8. The third-order valence-electron chi connectivity index (χ3n) is 2.95. The Balaban J connectivity index is 0.00000133. The first kappa shape index (κ1) is 14.7. The minimum absolute atomic E-state index is 0. The molecule has 0 spiro atoms. The molecule has 3 amide bonds. The fraction of sp³-hybridized carbons (Fsp3) is 0.250. The van der Waals surface area contributed by atoms with Gasteiger partial charge in [0.2, 0.25) is 5.91 Å². The van der Waals surface area contributed by atoms with Crippen LogP contribution in [0.5, 0.6) is 0 Å². The van der Waals surface area contributed by atoms with Crippen molar-refractivity contribution in [2.24, 2.45) is 7.05 Å². The number of hydrogen-bond acceptors (Lipinski definition) is 3. The maximum Gasteiger partial charge on any atom is 1.00 e. The first-order valence-corrected chi connectivity index (χ1v) is 5.61. The van der Waals surface area contributed by atoms with E-state index >= 15 is 0 Å². The molecule has 2 aromatic rings. The van der Waals surface area contributed by atoms with Gasteiger partial charge in [0, 0.05) is 20.0 Å². The summed E-state index contributed by atoms with van der Waals surface area (Å²) < 4.78 is 1.67. The molecule has 0 radical (unpaired) electrons. The maximum atomic E-state index is 11.8. The summed E-state index contributed by atoms with van der Waals surface area (Å²) in [6, 6.07) is 8.19. The number of nitrogens with one attached hydrogen (secondary N) is 1. The number of hydrogen-bond donors (Lipinski definition) is 1. The molecule has 1 aromatic heterocycles. The van der Waals surface area contributed by atoms with Gasteiger partial charge in [0.05, 0.1) is 0 Å². The van der Waals surface area contributed by atoms with Crippen LogP contribution in [0.15, 0.2) is 18.2 Å². The standard InChI is InChI=1S/C12H11N4O2.K/c1-15-9-5-3-2-4-8(9)11(14-15)16-7-6-10(17)13-12(16)18;/h2-4H,6-7H2,1H3,(H,13,17,18);/q-1;+1. The number of carbonyl (C=O) groups excluding carboxylic acids is 2. The van der Waals surface area contributed by atoms with Gasteiger partial charge in [0.1, 0.15) is 5.82 Å². The van der Waals surface area contributed by atoms with Gasteiger partial charge in [0.25, 0.3) is 0 Å². The number of para-hydroxylation sites is 1. The molecule has 3 rings (SSSR count). The third kappa shape index (κ3) is 2.61. The van der Waals surface area contributed by atoms with E-state index in [0.717, 1.165) is 10.9 Å². The average Bonchev–Trinajstić information content (AvgIpc) is 2.68. The van der Waals surface area contributed by atoms with E-state index in [1.165, 1.54) is 4.90 Å². The Morgan fingerprint density at radius 2 is 2.21 bits per heavy atom. The number of urea groups is 1. The van der Waals surface area contributed by atoms with Gasteiger partial charge in [-0.2, -0.15) is 29.4 Å². The molecule has 0 aliphatic carbocycles. The van der Waals surface area contributed by atoms with Crippen LogP contribution < -0.4 is 61.6 Å². The number of fused-ring (bicyclic) bond motifs is 1. The normalized spacial score (nSPS) is 15.3. The fourth-order valence-electron chi connectivity index (χ4n) is 2.09. The molecular weight excluding hydrogens is 271 g/mol. The van der Waals surface area contributed by atoms with Crippen LogP contribution in [-0.4, -0.2) is 28.3 Å². The Kier molecular flexibility index (Phi) is 4.42. The van der Waals surface area contributed by atoms with Crippen molar-refractivity contribution in [2.75, 3.05) is 11.4 Å². The number of imide groups is 1. The SMILES string of the molecule is Cn1nc(N2CCC(=O)NC2=O)c2ccc[c-]c21.[K+]. The predicted molar refractivity (Wildman–Crippen MR) is 65.1 cm³/mol. The van der Waals surface area contributed by atoms with Crippen LogP contribution in [0.2, 0.25) is 0 Å². The Morgan fingerprint density at radius 1 is 1.42 bits per heavy atom. The molecule has 2 heterocycles. The summed E-state index contributed by atoms with van der Waals surface area (Å²) in [5.74, 6) is 0.317. The average molecular weight is 282 g/mol. The summed E-state index contributed by atoms with van der Waals surface area (Å²) in [4.78, 5) is 24.4. The van der Waals surface area contributed by atoms with E-state index < -0.39 is 6.03 Å². The molecule has 1 N–H and O–H groups in total. The zero-order valence-electron chi connectivity index (χ0n) is 10.8. The first-order valence-electron chi connectivity index (χ1n) is 5.61. The van der Waals surface area contributed by atoms with Crippen molar-refractivity contribution in [3.63, 3.8) is 0 Å². The summed E-state index contributed by atoms with van der Waals surface area (Å²) in [7, 11) is 1.80. The van der Waals surface area contributed by atoms with Crippen LogP contribution >= 0.6 is 0 Å². The molecule has 0 unspecified atom stereocenters. The van der Waals surface area contributed by atoms with Crippen molar-refractivity contribution in [1.29, 1.82) is 0 Å². The Labute approximate surface area is 152 Å². The number of carbonyl (C=O) groups is 2. The van der Waals surface area contributed by atoms with Gasteiger partial charge in [-0.25, -0.2) is 4.79 Å². The fourth-order valence-corrected chi connectivity index (χ4v) is 2.09. The van der Waals surface area contributed by atoms with Crippen LogP contribution in [-0.2, 0) is 11.8 Å². The third-order valence-corrected chi connectivity index (χ3v) is 2.95. The first-order chi connectivity index (χ1) is 8.66. The molecule has 0 saturated carbocycles. The van der Waals surface area contributed by atoms with E-state index in [9.17, 15) is 9.59 Å². The number of rotatable bonds is 1. The second-order valence-corrected chi connectivity index (χ2v) is 4.13. The second-order valence-electron chi connectivity index (χ2n) is 4.13. The molecule has 19 heavy (non-hydrogen) atoms. The van der Waals surface area contributed by atoms with E-state index in [0.29, 0.717) is 18.8 Å². The Bertz CT molecular complexity index is 652. The van der Waals surface area contributed by atoms with Gasteiger partial charge >= 0.3 is 57.4 Å². The van der Waals surface area contributed by atoms with Gasteiger partial charge in [-0.15, -0.1) is 0 Å². The van der Waals surface area contributed by atoms with Crippen LogP contribution in [0.3, 0.4) is 0 Å². The van der Waals surface area contributed by atoms with Gasteiger partial charge in [0.15, 0.2) is 0 Å². The van der Waals surface area contributed by atoms with Crippen molar-refractivity contribution >= 4 is 28.7 Å². The molecule has 1 aliphatic rings. The second kappa shape index (κ2) is 5.72. The molecule has 1 aromatic carbocycles. The van der Waals surface area contributed by atoms with Crippen molar-refractivity contribution in [2.45, 2.75) is 6.42 Å². The molecule has 1 aliphatic heterocycles. The van der Waals surface area contributed by atoms with Gasteiger partial charge < -0.3 is 0 Å². The number of nitrogens with zero attached hydrogens (tertiary/aromatic N) is 3. The molecule has 92 valence electrons. The number of aromatic nitrogens is 2. The van der Waals surface area contributed by atoms with Crippen LogP contribution in [0, 0.1) is 6.07 Å². The zero-order chi connectivity index (χ0) is 12.7.